The minimum absolute atomic E-state index is 0. The van der Waals surface area contributed by atoms with Crippen LogP contribution in [0.1, 0.15) is 0 Å². The second-order valence-corrected chi connectivity index (χ2v) is 2.86. The fraction of sp³-hybridized carbons (Fsp3) is 0.333. The largest absolute Gasteiger partial charge is 0.472 e. The number of hydrogen-bond donors (Lipinski definition) is 1. The maximum Gasteiger partial charge on any atom is 0.210 e. The first kappa shape index (κ1) is 10.8. The van der Waals surface area contributed by atoms with Gasteiger partial charge in [-0.3, -0.25) is 0 Å². The molecule has 1 N–H and O–H groups in total. The van der Waals surface area contributed by atoms with Crippen molar-refractivity contribution in [1.29, 1.82) is 0 Å². The van der Waals surface area contributed by atoms with E-state index in [9.17, 15) is 0 Å². The Morgan fingerprint density at radius 3 is 2.71 bits per heavy atom. The van der Waals surface area contributed by atoms with Crippen molar-refractivity contribution in [2.24, 2.45) is 0 Å². The summed E-state index contributed by atoms with van der Waals surface area (Å²) in [6.45, 7) is 8.50. The van der Waals surface area contributed by atoms with Crippen molar-refractivity contribution in [3.63, 3.8) is 0 Å². The summed E-state index contributed by atoms with van der Waals surface area (Å²) in [5, 5.41) is 3.10. The molecule has 0 bridgehead atoms. The van der Waals surface area contributed by atoms with Crippen LogP contribution in [0, 0.1) is 6.57 Å². The van der Waals surface area contributed by atoms with Gasteiger partial charge in [-0.05, 0) is 12.1 Å². The Labute approximate surface area is 88.5 Å². The molecule has 74 valence electrons. The number of nitrogens with one attached hydrogen (secondary N) is 1. The molecule has 1 aliphatic heterocycles. The van der Waals surface area contributed by atoms with Gasteiger partial charge < -0.3 is 10.1 Å². The van der Waals surface area contributed by atoms with Gasteiger partial charge in [0.25, 0.3) is 0 Å². The minimum atomic E-state index is 0. The van der Waals surface area contributed by atoms with E-state index in [4.69, 9.17) is 11.3 Å². The Hall–Kier alpha value is -1.31. The SMILES string of the molecule is Cl.[C-]#[N+]c1ccc(OC2CNC2)nc1. The molecule has 4 nitrogen and oxygen atoms in total. The molecule has 0 aromatic carbocycles. The second kappa shape index (κ2) is 4.80. The van der Waals surface area contributed by atoms with Crippen LogP contribution in [0.15, 0.2) is 18.3 Å². The van der Waals surface area contributed by atoms with Gasteiger partial charge in [0.2, 0.25) is 11.6 Å². The van der Waals surface area contributed by atoms with Gasteiger partial charge in [-0.1, -0.05) is 0 Å². The summed E-state index contributed by atoms with van der Waals surface area (Å²) < 4.78 is 5.47. The van der Waals surface area contributed by atoms with E-state index in [1.54, 1.807) is 12.1 Å². The highest BCUT2D eigenvalue weighted by atomic mass is 35.5. The zero-order valence-corrected chi connectivity index (χ0v) is 8.25. The second-order valence-electron chi connectivity index (χ2n) is 2.86. The maximum atomic E-state index is 6.74. The quantitative estimate of drug-likeness (QED) is 0.752. The summed E-state index contributed by atoms with van der Waals surface area (Å²) in [6.07, 6.45) is 1.76. The van der Waals surface area contributed by atoms with Crippen LogP contribution >= 0.6 is 12.4 Å². The molecule has 1 fully saturated rings. The predicted octanol–water partition coefficient (Wildman–Crippen LogP) is 1.40. The van der Waals surface area contributed by atoms with Crippen LogP contribution < -0.4 is 10.1 Å². The summed E-state index contributed by atoms with van der Waals surface area (Å²) >= 11 is 0. The summed E-state index contributed by atoms with van der Waals surface area (Å²) in [5.41, 5.74) is 0.541. The van der Waals surface area contributed by atoms with Crippen LogP contribution in [0.3, 0.4) is 0 Å². The third kappa shape index (κ3) is 2.34. The molecule has 0 aliphatic carbocycles. The molecule has 2 rings (SSSR count). The molecule has 14 heavy (non-hydrogen) atoms. The number of pyridine rings is 1. The van der Waals surface area contributed by atoms with E-state index in [2.05, 4.69) is 15.1 Å². The molecular weight excluding hydrogens is 202 g/mol. The average molecular weight is 212 g/mol. The Balaban J connectivity index is 0.000000980. The third-order valence-electron chi connectivity index (χ3n) is 1.88. The van der Waals surface area contributed by atoms with Gasteiger partial charge in [0.1, 0.15) is 6.10 Å². The number of rotatable bonds is 2. The van der Waals surface area contributed by atoms with Crippen molar-refractivity contribution in [2.45, 2.75) is 6.10 Å². The molecule has 5 heteroatoms. The van der Waals surface area contributed by atoms with E-state index >= 15 is 0 Å². The molecular formula is C9H10ClN3O. The van der Waals surface area contributed by atoms with Gasteiger partial charge in [-0.25, -0.2) is 9.83 Å². The van der Waals surface area contributed by atoms with E-state index in [0.717, 1.165) is 13.1 Å². The smallest absolute Gasteiger partial charge is 0.210 e. The van der Waals surface area contributed by atoms with Crippen molar-refractivity contribution in [3.05, 3.63) is 29.7 Å². The van der Waals surface area contributed by atoms with Crippen molar-refractivity contribution in [3.8, 4) is 5.88 Å². The third-order valence-corrected chi connectivity index (χ3v) is 1.88. The number of nitrogens with zero attached hydrogens (tertiary/aromatic N) is 2. The normalized spacial score (nSPS) is 14.8. The molecule has 0 atom stereocenters. The van der Waals surface area contributed by atoms with Crippen LogP contribution in [0.4, 0.5) is 5.69 Å². The molecule has 0 amide bonds. The number of halogens is 1. The molecule has 0 unspecified atom stereocenters. The fourth-order valence-electron chi connectivity index (χ4n) is 1.02. The van der Waals surface area contributed by atoms with Gasteiger partial charge >= 0.3 is 0 Å². The lowest BCUT2D eigenvalue weighted by Gasteiger charge is -2.27. The van der Waals surface area contributed by atoms with Crippen molar-refractivity contribution in [2.75, 3.05) is 13.1 Å². The highest BCUT2D eigenvalue weighted by Crippen LogP contribution is 2.15. The van der Waals surface area contributed by atoms with Crippen LogP contribution in [-0.2, 0) is 0 Å². The zero-order valence-electron chi connectivity index (χ0n) is 7.43. The van der Waals surface area contributed by atoms with Crippen molar-refractivity contribution in [1.82, 2.24) is 10.3 Å². The Kier molecular flexibility index (Phi) is 3.69. The predicted molar refractivity (Wildman–Crippen MR) is 55.0 cm³/mol. The molecule has 2 heterocycles. The van der Waals surface area contributed by atoms with Crippen LogP contribution in [0.2, 0.25) is 0 Å². The van der Waals surface area contributed by atoms with Gasteiger partial charge in [-0.15, -0.1) is 12.4 Å². The molecule has 1 aliphatic rings. The lowest BCUT2D eigenvalue weighted by Crippen LogP contribution is -2.50. The first-order chi connectivity index (χ1) is 6.38. The Bertz CT molecular complexity index is 329. The maximum absolute atomic E-state index is 6.74. The van der Waals surface area contributed by atoms with Gasteiger partial charge in [0, 0.05) is 19.3 Å². The van der Waals surface area contributed by atoms with Crippen LogP contribution in [0.5, 0.6) is 5.88 Å². The topological polar surface area (TPSA) is 38.5 Å². The van der Waals surface area contributed by atoms with E-state index in [1.807, 2.05) is 0 Å². The first-order valence-corrected chi connectivity index (χ1v) is 4.09. The average Bonchev–Trinajstić information content (AvgIpc) is 2.12. The lowest BCUT2D eigenvalue weighted by molar-refractivity contribution is 0.136. The first-order valence-electron chi connectivity index (χ1n) is 4.09. The molecule has 0 saturated carbocycles. The van der Waals surface area contributed by atoms with Gasteiger partial charge in [-0.2, -0.15) is 0 Å². The summed E-state index contributed by atoms with van der Waals surface area (Å²) in [6, 6.07) is 3.44. The van der Waals surface area contributed by atoms with Crippen molar-refractivity contribution < 1.29 is 4.74 Å². The minimum Gasteiger partial charge on any atom is -0.472 e. The Morgan fingerprint density at radius 2 is 2.29 bits per heavy atom. The standard InChI is InChI=1S/C9H9N3O.ClH/c1-10-7-2-3-9(12-4-7)13-8-5-11-6-8;/h2-4,8,11H,5-6H2;1H. The highest BCUT2D eigenvalue weighted by molar-refractivity contribution is 5.85. The monoisotopic (exact) mass is 211 g/mol. The lowest BCUT2D eigenvalue weighted by atomic mass is 10.2. The van der Waals surface area contributed by atoms with Gasteiger partial charge in [0.15, 0.2) is 0 Å². The summed E-state index contributed by atoms with van der Waals surface area (Å²) in [7, 11) is 0. The molecule has 0 radical (unpaired) electrons. The van der Waals surface area contributed by atoms with E-state index in [1.165, 1.54) is 6.20 Å². The molecule has 0 spiro atoms. The molecule has 1 saturated heterocycles. The fourth-order valence-corrected chi connectivity index (χ4v) is 1.02. The number of hydrogen-bond acceptors (Lipinski definition) is 3. The highest BCUT2D eigenvalue weighted by Gasteiger charge is 2.18. The van der Waals surface area contributed by atoms with Gasteiger partial charge in [0.05, 0.1) is 6.57 Å². The van der Waals surface area contributed by atoms with Crippen LogP contribution in [-0.4, -0.2) is 24.2 Å². The van der Waals surface area contributed by atoms with Crippen LogP contribution in [0.25, 0.3) is 4.85 Å². The van der Waals surface area contributed by atoms with E-state index in [0.29, 0.717) is 11.6 Å². The number of ether oxygens (including phenoxy) is 1. The zero-order chi connectivity index (χ0) is 9.10. The van der Waals surface area contributed by atoms with Crippen molar-refractivity contribution >= 4 is 18.1 Å². The summed E-state index contributed by atoms with van der Waals surface area (Å²) in [4.78, 5) is 7.25. The summed E-state index contributed by atoms with van der Waals surface area (Å²) in [5.74, 6) is 0.596. The number of aromatic nitrogens is 1. The molecule has 1 aromatic heterocycles. The van der Waals surface area contributed by atoms with E-state index < -0.39 is 0 Å². The van der Waals surface area contributed by atoms with E-state index in [-0.39, 0.29) is 18.5 Å². The molecule has 1 aromatic rings. The Morgan fingerprint density at radius 1 is 1.50 bits per heavy atom.